The number of nitrogens with zero attached hydrogens (tertiary/aromatic N) is 5. The van der Waals surface area contributed by atoms with Gasteiger partial charge in [-0.25, -0.2) is 9.97 Å². The van der Waals surface area contributed by atoms with Crippen molar-refractivity contribution < 1.29 is 0 Å². The van der Waals surface area contributed by atoms with Crippen LogP contribution in [0.3, 0.4) is 0 Å². The highest BCUT2D eigenvalue weighted by molar-refractivity contribution is 7.98. The summed E-state index contributed by atoms with van der Waals surface area (Å²) in [6.07, 6.45) is 2.32. The smallest absolute Gasteiger partial charge is 0.267 e. The van der Waals surface area contributed by atoms with Gasteiger partial charge in [0.05, 0.1) is 5.69 Å². The average molecular weight is 382 g/mol. The third kappa shape index (κ3) is 3.04. The minimum absolute atomic E-state index is 0.131. The summed E-state index contributed by atoms with van der Waals surface area (Å²) in [5.41, 5.74) is 1.58. The lowest BCUT2D eigenvalue weighted by molar-refractivity contribution is 0.848. The minimum Gasteiger partial charge on any atom is -0.267 e. The lowest BCUT2D eigenvalue weighted by Crippen LogP contribution is -2.15. The summed E-state index contributed by atoms with van der Waals surface area (Å²) < 4.78 is 1.41. The number of H-pyrrole nitrogens is 1. The van der Waals surface area contributed by atoms with Crippen LogP contribution in [0, 0.1) is 0 Å². The predicted octanol–water partition coefficient (Wildman–Crippen LogP) is 3.11. The van der Waals surface area contributed by atoms with Crippen molar-refractivity contribution in [2.24, 2.45) is 0 Å². The molecule has 7 nitrogen and oxygen atoms in total. The van der Waals surface area contributed by atoms with Crippen LogP contribution in [0.1, 0.15) is 29.5 Å². The van der Waals surface area contributed by atoms with Gasteiger partial charge >= 0.3 is 0 Å². The van der Waals surface area contributed by atoms with Crippen LogP contribution in [0.4, 0.5) is 0 Å². The van der Waals surface area contributed by atoms with Crippen molar-refractivity contribution in [1.29, 1.82) is 0 Å². The molecule has 0 bridgehead atoms. The summed E-state index contributed by atoms with van der Waals surface area (Å²) in [6.45, 7) is 0. The first-order valence-corrected chi connectivity index (χ1v) is 10.1. The number of fused-ring (bicyclic) bond motifs is 1. The summed E-state index contributed by atoms with van der Waals surface area (Å²) in [5.74, 6) is 1.78. The van der Waals surface area contributed by atoms with Crippen molar-refractivity contribution in [3.8, 4) is 11.4 Å². The molecule has 0 aliphatic heterocycles. The Labute approximate surface area is 156 Å². The predicted molar refractivity (Wildman–Crippen MR) is 100 cm³/mol. The quantitative estimate of drug-likeness (QED) is 0.534. The first-order valence-electron chi connectivity index (χ1n) is 8.26. The molecule has 3 aromatic heterocycles. The number of aromatic amines is 1. The molecule has 130 valence electrons. The molecule has 0 saturated heterocycles. The number of thioether (sulfide) groups is 1. The zero-order valence-electron chi connectivity index (χ0n) is 13.6. The third-order valence-electron chi connectivity index (χ3n) is 4.10. The van der Waals surface area contributed by atoms with E-state index in [9.17, 15) is 4.79 Å². The second-order valence-electron chi connectivity index (χ2n) is 6.12. The molecule has 5 rings (SSSR count). The molecule has 3 heterocycles. The first kappa shape index (κ1) is 15.7. The monoisotopic (exact) mass is 382 g/mol. The van der Waals surface area contributed by atoms with Gasteiger partial charge in [-0.3, -0.25) is 9.89 Å². The molecule has 4 aromatic rings. The number of rotatable bonds is 5. The van der Waals surface area contributed by atoms with Crippen LogP contribution in [0.15, 0.2) is 46.3 Å². The van der Waals surface area contributed by atoms with E-state index in [1.165, 1.54) is 27.6 Å². The Hall–Kier alpha value is -2.52. The van der Waals surface area contributed by atoms with E-state index in [1.54, 1.807) is 6.07 Å². The van der Waals surface area contributed by atoms with E-state index in [0.717, 1.165) is 34.9 Å². The van der Waals surface area contributed by atoms with E-state index < -0.39 is 0 Å². The van der Waals surface area contributed by atoms with Gasteiger partial charge in [0.2, 0.25) is 10.1 Å². The SMILES string of the molecule is O=c1cc(CSc2n[nH]c(-c3ccccc3)n2)nc2sc(C3CC3)nn12. The minimum atomic E-state index is -0.131. The van der Waals surface area contributed by atoms with Crippen LogP contribution >= 0.6 is 23.1 Å². The molecule has 0 atom stereocenters. The Bertz CT molecular complexity index is 1130. The van der Waals surface area contributed by atoms with Crippen LogP contribution in [-0.4, -0.2) is 29.8 Å². The molecule has 1 aliphatic rings. The number of benzene rings is 1. The van der Waals surface area contributed by atoms with Gasteiger partial charge in [-0.15, -0.1) is 5.10 Å². The van der Waals surface area contributed by atoms with Gasteiger partial charge in [0.25, 0.3) is 5.56 Å². The molecule has 0 spiro atoms. The summed E-state index contributed by atoms with van der Waals surface area (Å²) in [4.78, 5) is 22.0. The van der Waals surface area contributed by atoms with Gasteiger partial charge < -0.3 is 0 Å². The van der Waals surface area contributed by atoms with E-state index in [2.05, 4.69) is 25.3 Å². The van der Waals surface area contributed by atoms with E-state index in [1.807, 2.05) is 30.3 Å². The number of nitrogens with one attached hydrogen (secondary N) is 1. The maximum atomic E-state index is 12.3. The highest BCUT2D eigenvalue weighted by Crippen LogP contribution is 2.41. The molecule has 1 aliphatic carbocycles. The van der Waals surface area contributed by atoms with Crippen LogP contribution in [0.5, 0.6) is 0 Å². The Morgan fingerprint density at radius 3 is 2.88 bits per heavy atom. The molecule has 1 N–H and O–H groups in total. The highest BCUT2D eigenvalue weighted by atomic mass is 32.2. The van der Waals surface area contributed by atoms with Gasteiger partial charge in [-0.05, 0) is 12.8 Å². The largest absolute Gasteiger partial charge is 0.275 e. The van der Waals surface area contributed by atoms with Crippen molar-refractivity contribution >= 4 is 28.1 Å². The highest BCUT2D eigenvalue weighted by Gasteiger charge is 2.28. The lowest BCUT2D eigenvalue weighted by atomic mass is 10.2. The van der Waals surface area contributed by atoms with E-state index >= 15 is 0 Å². The fraction of sp³-hybridized carbons (Fsp3) is 0.235. The van der Waals surface area contributed by atoms with Gasteiger partial charge in [-0.1, -0.05) is 53.4 Å². The van der Waals surface area contributed by atoms with Crippen molar-refractivity contribution in [3.05, 3.63) is 57.5 Å². The van der Waals surface area contributed by atoms with Crippen molar-refractivity contribution in [1.82, 2.24) is 29.8 Å². The Kier molecular flexibility index (Phi) is 3.83. The third-order valence-corrected chi connectivity index (χ3v) is 6.05. The molecular weight excluding hydrogens is 368 g/mol. The van der Waals surface area contributed by atoms with Crippen molar-refractivity contribution in [3.63, 3.8) is 0 Å². The number of aromatic nitrogens is 6. The Balaban J connectivity index is 1.35. The summed E-state index contributed by atoms with van der Waals surface area (Å²) in [5, 5.41) is 13.2. The zero-order valence-corrected chi connectivity index (χ0v) is 15.3. The van der Waals surface area contributed by atoms with E-state index in [0.29, 0.717) is 21.8 Å². The van der Waals surface area contributed by atoms with Gasteiger partial charge in [0.1, 0.15) is 5.01 Å². The van der Waals surface area contributed by atoms with Crippen molar-refractivity contribution in [2.75, 3.05) is 0 Å². The normalized spacial score (nSPS) is 14.2. The Morgan fingerprint density at radius 2 is 2.08 bits per heavy atom. The maximum absolute atomic E-state index is 12.3. The molecule has 1 aromatic carbocycles. The van der Waals surface area contributed by atoms with Gasteiger partial charge in [0.15, 0.2) is 5.82 Å². The number of hydrogen-bond acceptors (Lipinski definition) is 7. The average Bonchev–Trinajstić information content (AvgIpc) is 3.24. The van der Waals surface area contributed by atoms with Gasteiger partial charge in [0, 0.05) is 23.3 Å². The second kappa shape index (κ2) is 6.33. The molecular formula is C17H14N6OS2. The van der Waals surface area contributed by atoms with Crippen LogP contribution < -0.4 is 5.56 Å². The summed E-state index contributed by atoms with van der Waals surface area (Å²) >= 11 is 2.97. The molecule has 26 heavy (non-hydrogen) atoms. The fourth-order valence-corrected chi connectivity index (χ4v) is 4.40. The lowest BCUT2D eigenvalue weighted by Gasteiger charge is -1.97. The standard InChI is InChI=1S/C17H14N6OS2/c24-13-8-12(18-17-23(13)22-15(26-17)11-6-7-11)9-25-16-19-14(20-21-16)10-4-2-1-3-5-10/h1-5,8,11H,6-7,9H2,(H,19,20,21). The fourth-order valence-electron chi connectivity index (χ4n) is 2.61. The summed E-state index contributed by atoms with van der Waals surface area (Å²) in [6, 6.07) is 11.4. The molecule has 1 fully saturated rings. The van der Waals surface area contributed by atoms with E-state index in [4.69, 9.17) is 0 Å². The second-order valence-corrected chi connectivity index (χ2v) is 8.05. The molecule has 0 radical (unpaired) electrons. The molecule has 0 unspecified atom stereocenters. The number of hydrogen-bond donors (Lipinski definition) is 1. The topological polar surface area (TPSA) is 88.8 Å². The molecule has 0 amide bonds. The first-order chi connectivity index (χ1) is 12.8. The molecule has 9 heteroatoms. The summed E-state index contributed by atoms with van der Waals surface area (Å²) in [7, 11) is 0. The van der Waals surface area contributed by atoms with E-state index in [-0.39, 0.29) is 5.56 Å². The van der Waals surface area contributed by atoms with Crippen LogP contribution in [0.25, 0.3) is 16.3 Å². The molecule has 1 saturated carbocycles. The maximum Gasteiger partial charge on any atom is 0.275 e. The van der Waals surface area contributed by atoms with Crippen molar-refractivity contribution in [2.45, 2.75) is 29.7 Å². The van der Waals surface area contributed by atoms with Crippen LogP contribution in [0.2, 0.25) is 0 Å². The zero-order chi connectivity index (χ0) is 17.5. The van der Waals surface area contributed by atoms with Crippen LogP contribution in [-0.2, 0) is 5.75 Å². The Morgan fingerprint density at radius 1 is 1.23 bits per heavy atom. The van der Waals surface area contributed by atoms with Gasteiger partial charge in [-0.2, -0.15) is 9.61 Å².